The molecule has 1 aromatic carbocycles. The number of amides is 2. The molecular formula is C15H21BrN2O4. The van der Waals surface area contributed by atoms with Gasteiger partial charge in [0.2, 0.25) is 5.91 Å². The van der Waals surface area contributed by atoms with E-state index in [-0.39, 0.29) is 11.8 Å². The van der Waals surface area contributed by atoms with Crippen molar-refractivity contribution in [3.63, 3.8) is 0 Å². The summed E-state index contributed by atoms with van der Waals surface area (Å²) in [4.78, 5) is 23.5. The molecular weight excluding hydrogens is 352 g/mol. The minimum Gasteiger partial charge on any atom is -0.496 e. The highest BCUT2D eigenvalue weighted by atomic mass is 79.9. The van der Waals surface area contributed by atoms with Crippen molar-refractivity contribution in [3.8, 4) is 5.75 Å². The SMILES string of the molecule is COC(=O)NC(C(=O)NCc1ccc(OC)c(Br)c1)C(C)C. The zero-order chi connectivity index (χ0) is 16.7. The Bertz CT molecular complexity index is 534. The Morgan fingerprint density at radius 3 is 2.45 bits per heavy atom. The first-order chi connectivity index (χ1) is 10.4. The number of benzene rings is 1. The van der Waals surface area contributed by atoms with E-state index in [9.17, 15) is 9.59 Å². The highest BCUT2D eigenvalue weighted by Gasteiger charge is 2.24. The fourth-order valence-electron chi connectivity index (χ4n) is 1.84. The molecule has 1 unspecified atom stereocenters. The fourth-order valence-corrected chi connectivity index (χ4v) is 2.43. The van der Waals surface area contributed by atoms with Crippen molar-refractivity contribution >= 4 is 27.9 Å². The molecule has 0 bridgehead atoms. The van der Waals surface area contributed by atoms with Crippen LogP contribution in [0.1, 0.15) is 19.4 Å². The highest BCUT2D eigenvalue weighted by Crippen LogP contribution is 2.25. The van der Waals surface area contributed by atoms with E-state index >= 15 is 0 Å². The topological polar surface area (TPSA) is 76.7 Å². The number of carbonyl (C=O) groups is 2. The molecule has 0 saturated carbocycles. The lowest BCUT2D eigenvalue weighted by molar-refractivity contribution is -0.124. The average molecular weight is 373 g/mol. The van der Waals surface area contributed by atoms with Crippen LogP contribution in [0.15, 0.2) is 22.7 Å². The van der Waals surface area contributed by atoms with E-state index in [1.807, 2.05) is 32.0 Å². The normalized spacial score (nSPS) is 11.7. The van der Waals surface area contributed by atoms with Crippen molar-refractivity contribution in [1.82, 2.24) is 10.6 Å². The van der Waals surface area contributed by atoms with Crippen LogP contribution in [0, 0.1) is 5.92 Å². The largest absolute Gasteiger partial charge is 0.496 e. The monoisotopic (exact) mass is 372 g/mol. The number of methoxy groups -OCH3 is 2. The Kier molecular flexibility index (Phi) is 7.17. The summed E-state index contributed by atoms with van der Waals surface area (Å²) in [5.74, 6) is 0.413. The van der Waals surface area contributed by atoms with Crippen molar-refractivity contribution in [2.45, 2.75) is 26.4 Å². The van der Waals surface area contributed by atoms with Crippen molar-refractivity contribution in [2.24, 2.45) is 5.92 Å². The molecule has 2 amide bonds. The molecule has 2 N–H and O–H groups in total. The van der Waals surface area contributed by atoms with Crippen molar-refractivity contribution < 1.29 is 19.1 Å². The van der Waals surface area contributed by atoms with Gasteiger partial charge in [0.1, 0.15) is 11.8 Å². The van der Waals surface area contributed by atoms with E-state index < -0.39 is 12.1 Å². The molecule has 1 aromatic rings. The fraction of sp³-hybridized carbons (Fsp3) is 0.467. The molecule has 0 saturated heterocycles. The van der Waals surface area contributed by atoms with Gasteiger partial charge in [-0.05, 0) is 39.5 Å². The Hall–Kier alpha value is -1.76. The van der Waals surface area contributed by atoms with Gasteiger partial charge in [-0.2, -0.15) is 0 Å². The number of alkyl carbamates (subject to hydrolysis) is 1. The summed E-state index contributed by atoms with van der Waals surface area (Å²) in [6, 6.07) is 4.91. The van der Waals surface area contributed by atoms with Crippen molar-refractivity contribution in [3.05, 3.63) is 28.2 Å². The Morgan fingerprint density at radius 1 is 1.27 bits per heavy atom. The summed E-state index contributed by atoms with van der Waals surface area (Å²) in [5.41, 5.74) is 0.918. The molecule has 0 spiro atoms. The second kappa shape index (κ2) is 8.63. The summed E-state index contributed by atoms with van der Waals surface area (Å²) in [5, 5.41) is 5.33. The first-order valence-electron chi connectivity index (χ1n) is 6.83. The number of halogens is 1. The molecule has 0 aliphatic heterocycles. The number of hydrogen-bond acceptors (Lipinski definition) is 4. The number of carbonyl (C=O) groups excluding carboxylic acids is 2. The van der Waals surface area contributed by atoms with Crippen LogP contribution in [0.25, 0.3) is 0 Å². The lowest BCUT2D eigenvalue weighted by Gasteiger charge is -2.21. The second-order valence-corrected chi connectivity index (χ2v) is 5.90. The summed E-state index contributed by atoms with van der Waals surface area (Å²) in [6.45, 7) is 4.06. The molecule has 0 radical (unpaired) electrons. The Balaban J connectivity index is 2.66. The van der Waals surface area contributed by atoms with Crippen LogP contribution in [0.3, 0.4) is 0 Å². The Morgan fingerprint density at radius 2 is 1.95 bits per heavy atom. The zero-order valence-corrected chi connectivity index (χ0v) is 14.7. The van der Waals surface area contributed by atoms with E-state index in [1.165, 1.54) is 7.11 Å². The zero-order valence-electron chi connectivity index (χ0n) is 13.1. The maximum absolute atomic E-state index is 12.2. The smallest absolute Gasteiger partial charge is 0.407 e. The first-order valence-corrected chi connectivity index (χ1v) is 7.63. The predicted molar refractivity (Wildman–Crippen MR) is 86.7 cm³/mol. The first kappa shape index (κ1) is 18.3. The lowest BCUT2D eigenvalue weighted by atomic mass is 10.0. The number of rotatable bonds is 6. The minimum absolute atomic E-state index is 0.0540. The molecule has 1 rings (SSSR count). The maximum atomic E-state index is 12.2. The number of ether oxygens (including phenoxy) is 2. The van der Waals surface area contributed by atoms with Crippen LogP contribution in [0.5, 0.6) is 5.75 Å². The second-order valence-electron chi connectivity index (χ2n) is 5.04. The van der Waals surface area contributed by atoms with Gasteiger partial charge in [0.25, 0.3) is 0 Å². The van der Waals surface area contributed by atoms with Crippen LogP contribution >= 0.6 is 15.9 Å². The molecule has 1 atom stereocenters. The van der Waals surface area contributed by atoms with Crippen LogP contribution in [0.2, 0.25) is 0 Å². The van der Waals surface area contributed by atoms with Crippen molar-refractivity contribution in [2.75, 3.05) is 14.2 Å². The molecule has 0 aliphatic rings. The molecule has 0 heterocycles. The summed E-state index contributed by atoms with van der Waals surface area (Å²) in [6.07, 6.45) is -0.624. The number of hydrogen-bond donors (Lipinski definition) is 2. The molecule has 122 valence electrons. The quantitative estimate of drug-likeness (QED) is 0.803. The van der Waals surface area contributed by atoms with Crippen molar-refractivity contribution in [1.29, 1.82) is 0 Å². The van der Waals surface area contributed by atoms with Gasteiger partial charge in [-0.25, -0.2) is 4.79 Å². The predicted octanol–water partition coefficient (Wildman–Crippen LogP) is 2.45. The standard InChI is InChI=1S/C15H21BrN2O4/c1-9(2)13(18-15(20)22-4)14(19)17-8-10-5-6-12(21-3)11(16)7-10/h5-7,9,13H,8H2,1-4H3,(H,17,19)(H,18,20). The van der Waals surface area contributed by atoms with Gasteiger partial charge in [0.15, 0.2) is 0 Å². The molecule has 22 heavy (non-hydrogen) atoms. The summed E-state index contributed by atoms with van der Waals surface area (Å²) < 4.78 is 10.5. The molecule has 7 heteroatoms. The van der Waals surface area contributed by atoms with E-state index in [4.69, 9.17) is 4.74 Å². The average Bonchev–Trinajstić information content (AvgIpc) is 2.49. The van der Waals surface area contributed by atoms with Gasteiger partial charge < -0.3 is 20.1 Å². The molecule has 0 aliphatic carbocycles. The highest BCUT2D eigenvalue weighted by molar-refractivity contribution is 9.10. The van der Waals surface area contributed by atoms with E-state index in [2.05, 4.69) is 31.3 Å². The van der Waals surface area contributed by atoms with E-state index in [0.717, 1.165) is 15.8 Å². The third-order valence-corrected chi connectivity index (χ3v) is 3.71. The van der Waals surface area contributed by atoms with Gasteiger partial charge >= 0.3 is 6.09 Å². The number of nitrogens with one attached hydrogen (secondary N) is 2. The van der Waals surface area contributed by atoms with Gasteiger partial charge in [-0.15, -0.1) is 0 Å². The minimum atomic E-state index is -0.644. The molecule has 0 fully saturated rings. The summed E-state index contributed by atoms with van der Waals surface area (Å²) >= 11 is 3.40. The van der Waals surface area contributed by atoms with Gasteiger partial charge in [0.05, 0.1) is 18.7 Å². The van der Waals surface area contributed by atoms with Gasteiger partial charge in [-0.3, -0.25) is 4.79 Å². The van der Waals surface area contributed by atoms with Crippen LogP contribution in [0.4, 0.5) is 4.79 Å². The van der Waals surface area contributed by atoms with Gasteiger partial charge in [-0.1, -0.05) is 19.9 Å². The Labute approximate surface area is 138 Å². The van der Waals surface area contributed by atoms with Crippen LogP contribution in [-0.2, 0) is 16.1 Å². The van der Waals surface area contributed by atoms with E-state index in [1.54, 1.807) is 7.11 Å². The van der Waals surface area contributed by atoms with Gasteiger partial charge in [0, 0.05) is 6.54 Å². The van der Waals surface area contributed by atoms with Crippen LogP contribution in [-0.4, -0.2) is 32.3 Å². The summed E-state index contributed by atoms with van der Waals surface area (Å²) in [7, 11) is 2.85. The molecule has 0 aromatic heterocycles. The third-order valence-electron chi connectivity index (χ3n) is 3.09. The van der Waals surface area contributed by atoms with E-state index in [0.29, 0.717) is 6.54 Å². The van der Waals surface area contributed by atoms with Crippen LogP contribution < -0.4 is 15.4 Å². The third kappa shape index (κ3) is 5.22. The molecule has 6 nitrogen and oxygen atoms in total. The lowest BCUT2D eigenvalue weighted by Crippen LogP contribution is -2.49. The maximum Gasteiger partial charge on any atom is 0.407 e.